The first kappa shape index (κ1) is 11.5. The first-order valence-corrected chi connectivity index (χ1v) is 3.92. The second kappa shape index (κ2) is 4.79. The van der Waals surface area contributed by atoms with Crippen molar-refractivity contribution in [3.63, 3.8) is 0 Å². The number of Topliss-reactive ketones (excluding diaryl/α,β-unsaturated/α-hetero) is 1. The Morgan fingerprint density at radius 1 is 1.40 bits per heavy atom. The van der Waals surface area contributed by atoms with Crippen LogP contribution in [-0.2, 0) is 4.89 Å². The zero-order chi connectivity index (χ0) is 11.4. The molecule has 15 heavy (non-hydrogen) atoms. The lowest BCUT2D eigenvalue weighted by molar-refractivity contribution is -0.323. The molecule has 0 aliphatic carbocycles. The van der Waals surface area contributed by atoms with Crippen LogP contribution in [0, 0.1) is 5.82 Å². The minimum atomic E-state index is -3.13. The average Bonchev–Trinajstić information content (AvgIpc) is 2.15. The van der Waals surface area contributed by atoms with Crippen molar-refractivity contribution in [1.29, 1.82) is 0 Å². The molecule has 0 atom stereocenters. The molecule has 0 radical (unpaired) electrons. The maximum Gasteiger partial charge on any atom is 0.381 e. The van der Waals surface area contributed by atoms with Crippen molar-refractivity contribution < 1.29 is 27.7 Å². The molecule has 6 heteroatoms. The predicted octanol–water partition coefficient (Wildman–Crippen LogP) is 2.56. The molecule has 82 valence electrons. The zero-order valence-electron chi connectivity index (χ0n) is 7.67. The van der Waals surface area contributed by atoms with Gasteiger partial charge in [0.1, 0.15) is 5.82 Å². The molecule has 0 aliphatic rings. The molecule has 1 aromatic carbocycles. The van der Waals surface area contributed by atoms with E-state index in [9.17, 15) is 18.0 Å². The Hall–Kier alpha value is -1.56. The third-order valence-corrected chi connectivity index (χ3v) is 1.53. The summed E-state index contributed by atoms with van der Waals surface area (Å²) in [6.45, 7) is -1.97. The van der Waals surface area contributed by atoms with Crippen LogP contribution in [0.2, 0.25) is 0 Å². The second-order valence-electron chi connectivity index (χ2n) is 2.64. The van der Waals surface area contributed by atoms with Gasteiger partial charge in [-0.2, -0.15) is 8.78 Å². The van der Waals surface area contributed by atoms with Crippen LogP contribution in [0.4, 0.5) is 13.2 Å². The van der Waals surface area contributed by atoms with Crippen molar-refractivity contribution in [3.8, 4) is 5.75 Å². The summed E-state index contributed by atoms with van der Waals surface area (Å²) in [6, 6.07) is 2.89. The highest BCUT2D eigenvalue weighted by atomic mass is 19.3. The summed E-state index contributed by atoms with van der Waals surface area (Å²) in [5.74, 6) is -1.42. The van der Waals surface area contributed by atoms with E-state index >= 15 is 0 Å². The molecule has 0 aromatic heterocycles. The molecule has 0 fully saturated rings. The molecule has 1 aromatic rings. The fraction of sp³-hybridized carbons (Fsp3) is 0.222. The molecular weight excluding hydrogens is 213 g/mol. The molecule has 0 amide bonds. The van der Waals surface area contributed by atoms with Gasteiger partial charge in [-0.1, -0.05) is 0 Å². The van der Waals surface area contributed by atoms with Gasteiger partial charge in [0, 0.05) is 0 Å². The molecule has 0 saturated heterocycles. The highest BCUT2D eigenvalue weighted by Crippen LogP contribution is 2.21. The van der Waals surface area contributed by atoms with Crippen LogP contribution in [0.5, 0.6) is 5.75 Å². The van der Waals surface area contributed by atoms with Gasteiger partial charge in [-0.05, 0) is 25.1 Å². The lowest BCUT2D eigenvalue weighted by Crippen LogP contribution is -2.06. The minimum absolute atomic E-state index is 0.157. The summed E-state index contributed by atoms with van der Waals surface area (Å²) in [4.78, 5) is 18.7. The first-order chi connectivity index (χ1) is 7.00. The lowest BCUT2D eigenvalue weighted by Gasteiger charge is -2.06. The molecule has 1 rings (SSSR count). The highest BCUT2D eigenvalue weighted by molar-refractivity contribution is 5.96. The van der Waals surface area contributed by atoms with E-state index in [4.69, 9.17) is 0 Å². The van der Waals surface area contributed by atoms with Crippen LogP contribution in [-0.4, -0.2) is 12.4 Å². The fourth-order valence-electron chi connectivity index (χ4n) is 0.938. The quantitative estimate of drug-likeness (QED) is 0.444. The Morgan fingerprint density at radius 3 is 2.60 bits per heavy atom. The normalized spacial score (nSPS) is 10.5. The maximum absolute atomic E-state index is 12.7. The van der Waals surface area contributed by atoms with Crippen molar-refractivity contribution in [3.05, 3.63) is 29.6 Å². The Bertz CT molecular complexity index is 366. The number of carbonyl (C=O) groups excluding carboxylic acids is 1. The van der Waals surface area contributed by atoms with E-state index in [0.29, 0.717) is 0 Å². The molecular formula is C9H7F3O3. The number of ketones is 1. The van der Waals surface area contributed by atoms with Gasteiger partial charge in [-0.15, -0.1) is 4.89 Å². The second-order valence-corrected chi connectivity index (χ2v) is 2.64. The van der Waals surface area contributed by atoms with Crippen LogP contribution < -0.4 is 4.89 Å². The Labute approximate surface area is 83.3 Å². The Balaban J connectivity index is 2.91. The molecule has 0 aliphatic heterocycles. The van der Waals surface area contributed by atoms with E-state index in [2.05, 4.69) is 9.78 Å². The molecule has 0 bridgehead atoms. The fourth-order valence-corrected chi connectivity index (χ4v) is 0.938. The van der Waals surface area contributed by atoms with Crippen molar-refractivity contribution in [2.45, 2.75) is 13.5 Å². The number of hydrogen-bond acceptors (Lipinski definition) is 3. The summed E-state index contributed by atoms with van der Waals surface area (Å²) in [5, 5.41) is 0. The number of carbonyl (C=O) groups is 1. The van der Waals surface area contributed by atoms with Crippen molar-refractivity contribution in [2.75, 3.05) is 0 Å². The number of hydrogen-bond donors (Lipinski definition) is 0. The van der Waals surface area contributed by atoms with Gasteiger partial charge in [0.15, 0.2) is 11.5 Å². The SMILES string of the molecule is CC(=O)c1cc(F)ccc1OOC(F)F. The molecule has 0 saturated carbocycles. The molecule has 3 nitrogen and oxygen atoms in total. The standard InChI is InChI=1S/C9H7F3O3/c1-5(13)7-4-6(10)2-3-8(7)14-15-9(11)12/h2-4,9H,1H3. The van der Waals surface area contributed by atoms with Crippen LogP contribution >= 0.6 is 0 Å². The molecule has 0 spiro atoms. The molecule has 0 heterocycles. The van der Waals surface area contributed by atoms with Gasteiger partial charge in [-0.3, -0.25) is 4.79 Å². The summed E-state index contributed by atoms with van der Waals surface area (Å²) >= 11 is 0. The van der Waals surface area contributed by atoms with E-state index in [0.717, 1.165) is 25.1 Å². The van der Waals surface area contributed by atoms with Gasteiger partial charge < -0.3 is 4.89 Å². The van der Waals surface area contributed by atoms with E-state index in [-0.39, 0.29) is 11.3 Å². The Morgan fingerprint density at radius 2 is 2.07 bits per heavy atom. The number of halogens is 3. The van der Waals surface area contributed by atoms with Crippen LogP contribution in [0.25, 0.3) is 0 Å². The number of benzene rings is 1. The van der Waals surface area contributed by atoms with Gasteiger partial charge in [0.25, 0.3) is 0 Å². The monoisotopic (exact) mass is 220 g/mol. The number of alkyl halides is 2. The van der Waals surface area contributed by atoms with E-state index in [1.165, 1.54) is 0 Å². The summed E-state index contributed by atoms with van der Waals surface area (Å²) in [7, 11) is 0. The van der Waals surface area contributed by atoms with Crippen molar-refractivity contribution in [1.82, 2.24) is 0 Å². The number of rotatable bonds is 4. The van der Waals surface area contributed by atoms with Crippen LogP contribution in [0.3, 0.4) is 0 Å². The summed E-state index contributed by atoms with van der Waals surface area (Å²) in [5.41, 5.74) is -0.157. The average molecular weight is 220 g/mol. The van der Waals surface area contributed by atoms with Gasteiger partial charge in [-0.25, -0.2) is 4.39 Å². The van der Waals surface area contributed by atoms with Gasteiger partial charge >= 0.3 is 6.61 Å². The Kier molecular flexibility index (Phi) is 3.68. The highest BCUT2D eigenvalue weighted by Gasteiger charge is 2.13. The van der Waals surface area contributed by atoms with Crippen LogP contribution in [0.1, 0.15) is 17.3 Å². The third-order valence-electron chi connectivity index (χ3n) is 1.53. The molecule has 0 N–H and O–H groups in total. The third kappa shape index (κ3) is 3.25. The van der Waals surface area contributed by atoms with E-state index in [1.807, 2.05) is 0 Å². The minimum Gasteiger partial charge on any atom is -0.331 e. The lowest BCUT2D eigenvalue weighted by atomic mass is 10.1. The van der Waals surface area contributed by atoms with Crippen LogP contribution in [0.15, 0.2) is 18.2 Å². The smallest absolute Gasteiger partial charge is 0.331 e. The van der Waals surface area contributed by atoms with E-state index < -0.39 is 18.2 Å². The van der Waals surface area contributed by atoms with E-state index in [1.54, 1.807) is 0 Å². The van der Waals surface area contributed by atoms with Gasteiger partial charge in [0.2, 0.25) is 0 Å². The largest absolute Gasteiger partial charge is 0.381 e. The van der Waals surface area contributed by atoms with Crippen molar-refractivity contribution in [2.24, 2.45) is 0 Å². The topological polar surface area (TPSA) is 35.5 Å². The summed E-state index contributed by atoms with van der Waals surface area (Å²) in [6.07, 6.45) is 0. The molecule has 0 unspecified atom stereocenters. The maximum atomic E-state index is 12.7. The predicted molar refractivity (Wildman–Crippen MR) is 44.1 cm³/mol. The van der Waals surface area contributed by atoms with Gasteiger partial charge in [0.05, 0.1) is 5.56 Å². The van der Waals surface area contributed by atoms with Crippen molar-refractivity contribution >= 4 is 5.78 Å². The summed E-state index contributed by atoms with van der Waals surface area (Å²) < 4.78 is 36.0. The first-order valence-electron chi connectivity index (χ1n) is 3.92. The zero-order valence-corrected chi connectivity index (χ0v) is 7.67.